The van der Waals surface area contributed by atoms with Crippen LogP contribution in [0.15, 0.2) is 53.1 Å². The molecule has 0 saturated carbocycles. The highest BCUT2D eigenvalue weighted by Crippen LogP contribution is 2.28. The monoisotopic (exact) mass is 348 g/mol. The van der Waals surface area contributed by atoms with Crippen molar-refractivity contribution in [1.82, 2.24) is 0 Å². The van der Waals surface area contributed by atoms with Crippen LogP contribution in [0.1, 0.15) is 62.8 Å². The van der Waals surface area contributed by atoms with Gasteiger partial charge in [0.05, 0.1) is 6.26 Å². The summed E-state index contributed by atoms with van der Waals surface area (Å²) in [5, 5.41) is 1.25. The number of rotatable bonds is 8. The molecule has 0 saturated heterocycles. The standard InChI is InChI=1S/C25H32O/c1-18(2)12-14-20-8-7-9-21(15-13-19(3)4)24(20)16-22-17-26-25-11-6-5-10-23(22)25/h5-11,17-19H,12-16H2,1-4H3. The van der Waals surface area contributed by atoms with Gasteiger partial charge in [-0.1, -0.05) is 64.1 Å². The van der Waals surface area contributed by atoms with Crippen molar-refractivity contribution in [1.29, 1.82) is 0 Å². The molecule has 3 rings (SSSR count). The topological polar surface area (TPSA) is 13.1 Å². The van der Waals surface area contributed by atoms with Crippen LogP contribution in [0.25, 0.3) is 11.0 Å². The van der Waals surface area contributed by atoms with Crippen molar-refractivity contribution in [2.75, 3.05) is 0 Å². The van der Waals surface area contributed by atoms with Crippen LogP contribution in [-0.4, -0.2) is 0 Å². The minimum absolute atomic E-state index is 0.733. The lowest BCUT2D eigenvalue weighted by Gasteiger charge is -2.16. The van der Waals surface area contributed by atoms with Crippen LogP contribution in [0.4, 0.5) is 0 Å². The molecule has 0 spiro atoms. The number of para-hydroxylation sites is 1. The fourth-order valence-electron chi connectivity index (χ4n) is 3.63. The van der Waals surface area contributed by atoms with Crippen molar-refractivity contribution in [3.8, 4) is 0 Å². The highest BCUT2D eigenvalue weighted by atomic mass is 16.3. The fraction of sp³-hybridized carbons (Fsp3) is 0.440. The maximum atomic E-state index is 5.80. The summed E-state index contributed by atoms with van der Waals surface area (Å²) in [6, 6.07) is 15.3. The zero-order chi connectivity index (χ0) is 18.5. The average molecular weight is 349 g/mol. The Morgan fingerprint density at radius 3 is 1.96 bits per heavy atom. The molecule has 0 amide bonds. The van der Waals surface area contributed by atoms with E-state index in [-0.39, 0.29) is 0 Å². The summed E-state index contributed by atoms with van der Waals surface area (Å²) < 4.78 is 5.80. The molecule has 1 heteroatoms. The Labute approximate surface area is 158 Å². The van der Waals surface area contributed by atoms with Gasteiger partial charge in [-0.15, -0.1) is 0 Å². The van der Waals surface area contributed by atoms with Gasteiger partial charge in [0.2, 0.25) is 0 Å². The van der Waals surface area contributed by atoms with Crippen LogP contribution in [0, 0.1) is 11.8 Å². The van der Waals surface area contributed by atoms with Crippen LogP contribution in [0.3, 0.4) is 0 Å². The van der Waals surface area contributed by atoms with Gasteiger partial charge >= 0.3 is 0 Å². The number of hydrogen-bond acceptors (Lipinski definition) is 1. The fourth-order valence-corrected chi connectivity index (χ4v) is 3.63. The Bertz CT molecular complexity index is 808. The van der Waals surface area contributed by atoms with E-state index in [2.05, 4.69) is 64.1 Å². The average Bonchev–Trinajstić information content (AvgIpc) is 3.02. The first-order chi connectivity index (χ1) is 12.5. The van der Waals surface area contributed by atoms with Crippen molar-refractivity contribution in [3.63, 3.8) is 0 Å². The van der Waals surface area contributed by atoms with Crippen LogP contribution in [-0.2, 0) is 19.3 Å². The molecule has 0 bridgehead atoms. The Kier molecular flexibility index (Phi) is 6.19. The third kappa shape index (κ3) is 4.58. The molecule has 0 radical (unpaired) electrons. The van der Waals surface area contributed by atoms with E-state index in [9.17, 15) is 0 Å². The van der Waals surface area contributed by atoms with Crippen molar-refractivity contribution in [2.45, 2.75) is 59.8 Å². The number of fused-ring (bicyclic) bond motifs is 1. The minimum atomic E-state index is 0.733. The van der Waals surface area contributed by atoms with Gasteiger partial charge in [-0.3, -0.25) is 0 Å². The van der Waals surface area contributed by atoms with Gasteiger partial charge < -0.3 is 4.42 Å². The molecule has 0 fully saturated rings. The first-order valence-electron chi connectivity index (χ1n) is 10.1. The second-order valence-corrected chi connectivity index (χ2v) is 8.35. The summed E-state index contributed by atoms with van der Waals surface area (Å²) in [6.45, 7) is 9.25. The molecule has 0 unspecified atom stereocenters. The van der Waals surface area contributed by atoms with Crippen molar-refractivity contribution in [2.24, 2.45) is 11.8 Å². The van der Waals surface area contributed by atoms with E-state index in [1.165, 1.54) is 40.5 Å². The van der Waals surface area contributed by atoms with E-state index in [1.807, 2.05) is 12.3 Å². The van der Waals surface area contributed by atoms with E-state index in [1.54, 1.807) is 0 Å². The maximum absolute atomic E-state index is 5.80. The lowest BCUT2D eigenvalue weighted by molar-refractivity contribution is 0.578. The number of hydrogen-bond donors (Lipinski definition) is 0. The van der Waals surface area contributed by atoms with Gasteiger partial charge in [-0.05, 0) is 60.3 Å². The molecule has 1 nitrogen and oxygen atoms in total. The molecule has 0 atom stereocenters. The van der Waals surface area contributed by atoms with Crippen LogP contribution < -0.4 is 0 Å². The van der Waals surface area contributed by atoms with Gasteiger partial charge in [-0.2, -0.15) is 0 Å². The second-order valence-electron chi connectivity index (χ2n) is 8.35. The Morgan fingerprint density at radius 1 is 0.731 bits per heavy atom. The molecular weight excluding hydrogens is 316 g/mol. The molecule has 1 aromatic heterocycles. The third-order valence-electron chi connectivity index (χ3n) is 5.28. The van der Waals surface area contributed by atoms with E-state index in [4.69, 9.17) is 4.42 Å². The molecule has 0 aliphatic heterocycles. The number of benzene rings is 2. The van der Waals surface area contributed by atoms with Crippen molar-refractivity contribution < 1.29 is 4.42 Å². The highest BCUT2D eigenvalue weighted by molar-refractivity contribution is 5.81. The van der Waals surface area contributed by atoms with Gasteiger partial charge in [0.1, 0.15) is 5.58 Å². The van der Waals surface area contributed by atoms with Gasteiger partial charge in [-0.25, -0.2) is 0 Å². The molecule has 0 N–H and O–H groups in total. The summed E-state index contributed by atoms with van der Waals surface area (Å²) in [6.07, 6.45) is 7.74. The lowest BCUT2D eigenvalue weighted by atomic mass is 9.88. The van der Waals surface area contributed by atoms with Crippen LogP contribution >= 0.6 is 0 Å². The predicted molar refractivity (Wildman–Crippen MR) is 112 cm³/mol. The first kappa shape index (κ1) is 18.8. The molecule has 138 valence electrons. The van der Waals surface area contributed by atoms with Gasteiger partial charge in [0.25, 0.3) is 0 Å². The van der Waals surface area contributed by atoms with E-state index in [0.29, 0.717) is 0 Å². The normalized spacial score (nSPS) is 11.8. The minimum Gasteiger partial charge on any atom is -0.464 e. The van der Waals surface area contributed by atoms with E-state index >= 15 is 0 Å². The quantitative estimate of drug-likeness (QED) is 0.419. The van der Waals surface area contributed by atoms with Crippen molar-refractivity contribution >= 4 is 11.0 Å². The number of aryl methyl sites for hydroxylation is 2. The lowest BCUT2D eigenvalue weighted by Crippen LogP contribution is -2.04. The summed E-state index contributed by atoms with van der Waals surface area (Å²) >= 11 is 0. The summed E-state index contributed by atoms with van der Waals surface area (Å²) in [4.78, 5) is 0. The molecular formula is C25H32O. The van der Waals surface area contributed by atoms with Crippen molar-refractivity contribution in [3.05, 3.63) is 71.0 Å². The van der Waals surface area contributed by atoms with Crippen LogP contribution in [0.5, 0.6) is 0 Å². The maximum Gasteiger partial charge on any atom is 0.134 e. The molecule has 0 aliphatic carbocycles. The first-order valence-corrected chi connectivity index (χ1v) is 10.1. The molecule has 26 heavy (non-hydrogen) atoms. The zero-order valence-corrected chi connectivity index (χ0v) is 16.7. The molecule has 3 aromatic rings. The molecule has 0 aliphatic rings. The SMILES string of the molecule is CC(C)CCc1cccc(CCC(C)C)c1Cc1coc2ccccc12. The summed E-state index contributed by atoms with van der Waals surface area (Å²) in [5.74, 6) is 1.47. The Morgan fingerprint density at radius 2 is 1.35 bits per heavy atom. The summed E-state index contributed by atoms with van der Waals surface area (Å²) in [5.41, 5.74) is 6.87. The highest BCUT2D eigenvalue weighted by Gasteiger charge is 2.13. The Hall–Kier alpha value is -2.02. The van der Waals surface area contributed by atoms with Crippen LogP contribution in [0.2, 0.25) is 0 Å². The van der Waals surface area contributed by atoms with E-state index in [0.717, 1.165) is 36.7 Å². The van der Waals surface area contributed by atoms with Gasteiger partial charge in [0.15, 0.2) is 0 Å². The van der Waals surface area contributed by atoms with Gasteiger partial charge in [0, 0.05) is 17.4 Å². The van der Waals surface area contributed by atoms with E-state index < -0.39 is 0 Å². The molecule has 1 heterocycles. The predicted octanol–water partition coefficient (Wildman–Crippen LogP) is 7.20. The smallest absolute Gasteiger partial charge is 0.134 e. The summed E-state index contributed by atoms with van der Waals surface area (Å²) in [7, 11) is 0. The Balaban J connectivity index is 1.95. The molecule has 2 aromatic carbocycles. The number of furan rings is 1. The largest absolute Gasteiger partial charge is 0.464 e. The third-order valence-corrected chi connectivity index (χ3v) is 5.28. The zero-order valence-electron chi connectivity index (χ0n) is 16.7. The second kappa shape index (κ2) is 8.58.